The molecule has 0 bridgehead atoms. The number of hydrogen-bond donors (Lipinski definition) is 1. The minimum Gasteiger partial charge on any atom is -0.480 e. The summed E-state index contributed by atoms with van der Waals surface area (Å²) in [5, 5.41) is 9.26. The van der Waals surface area contributed by atoms with E-state index < -0.39 is 12.0 Å². The van der Waals surface area contributed by atoms with Crippen molar-refractivity contribution in [3.05, 3.63) is 35.9 Å². The lowest BCUT2D eigenvalue weighted by atomic mass is 9.92. The van der Waals surface area contributed by atoms with Crippen molar-refractivity contribution < 1.29 is 14.7 Å². The Hall–Kier alpha value is -1.68. The summed E-state index contributed by atoms with van der Waals surface area (Å²) in [5.41, 5.74) is 0.644. The van der Waals surface area contributed by atoms with Gasteiger partial charge in [0.2, 0.25) is 0 Å². The second-order valence-electron chi connectivity index (χ2n) is 5.24. The van der Waals surface area contributed by atoms with Gasteiger partial charge in [-0.15, -0.1) is 0 Å². The van der Waals surface area contributed by atoms with Crippen LogP contribution in [0, 0.1) is 5.92 Å². The number of ketones is 1. The van der Waals surface area contributed by atoms with Crippen molar-refractivity contribution in [1.29, 1.82) is 0 Å². The molecule has 2 atom stereocenters. The van der Waals surface area contributed by atoms with E-state index in [0.29, 0.717) is 24.4 Å². The smallest absolute Gasteiger partial charge is 0.320 e. The SMILES string of the molecule is C[C@@H]1CCN(CC(=O)c2ccccc2)[C@H](C(=O)O)C1. The van der Waals surface area contributed by atoms with Gasteiger partial charge in [-0.3, -0.25) is 14.5 Å². The van der Waals surface area contributed by atoms with E-state index >= 15 is 0 Å². The highest BCUT2D eigenvalue weighted by molar-refractivity contribution is 5.97. The van der Waals surface area contributed by atoms with E-state index in [1.54, 1.807) is 17.0 Å². The molecule has 1 aliphatic rings. The van der Waals surface area contributed by atoms with Crippen molar-refractivity contribution in [3.8, 4) is 0 Å². The molecule has 4 heteroatoms. The Morgan fingerprint density at radius 3 is 2.63 bits per heavy atom. The molecule has 1 saturated heterocycles. The highest BCUT2D eigenvalue weighted by Crippen LogP contribution is 2.22. The molecule has 0 aliphatic carbocycles. The van der Waals surface area contributed by atoms with Crippen LogP contribution in [-0.4, -0.2) is 40.9 Å². The lowest BCUT2D eigenvalue weighted by molar-refractivity contribution is -0.145. The van der Waals surface area contributed by atoms with Gasteiger partial charge in [0.1, 0.15) is 6.04 Å². The van der Waals surface area contributed by atoms with Crippen molar-refractivity contribution in [2.75, 3.05) is 13.1 Å². The molecule has 1 N–H and O–H groups in total. The number of hydrogen-bond acceptors (Lipinski definition) is 3. The molecule has 4 nitrogen and oxygen atoms in total. The fourth-order valence-electron chi connectivity index (χ4n) is 2.54. The molecule has 1 aromatic carbocycles. The Morgan fingerprint density at radius 1 is 1.32 bits per heavy atom. The van der Waals surface area contributed by atoms with Crippen LogP contribution in [0.15, 0.2) is 30.3 Å². The van der Waals surface area contributed by atoms with Gasteiger partial charge in [-0.25, -0.2) is 0 Å². The van der Waals surface area contributed by atoms with E-state index in [1.807, 2.05) is 18.2 Å². The minimum absolute atomic E-state index is 0.0126. The quantitative estimate of drug-likeness (QED) is 0.843. The average Bonchev–Trinajstić information content (AvgIpc) is 2.41. The molecule has 1 aromatic rings. The number of Topliss-reactive ketones (excluding diaryl/α,β-unsaturated/α-hetero) is 1. The molecular weight excluding hydrogens is 242 g/mol. The summed E-state index contributed by atoms with van der Waals surface area (Å²) in [6.07, 6.45) is 1.57. The summed E-state index contributed by atoms with van der Waals surface area (Å²) in [6, 6.07) is 8.51. The van der Waals surface area contributed by atoms with Gasteiger partial charge >= 0.3 is 5.97 Å². The van der Waals surface area contributed by atoms with E-state index in [2.05, 4.69) is 6.92 Å². The standard InChI is InChI=1S/C15H19NO3/c1-11-7-8-16(13(9-11)15(18)19)10-14(17)12-5-3-2-4-6-12/h2-6,11,13H,7-10H2,1H3,(H,18,19)/t11-,13+/m1/s1. The molecule has 0 radical (unpaired) electrons. The zero-order valence-electron chi connectivity index (χ0n) is 11.1. The third kappa shape index (κ3) is 3.41. The van der Waals surface area contributed by atoms with Crippen LogP contribution in [0.1, 0.15) is 30.1 Å². The predicted octanol–water partition coefficient (Wildman–Crippen LogP) is 2.05. The second-order valence-corrected chi connectivity index (χ2v) is 5.24. The van der Waals surface area contributed by atoms with Gasteiger partial charge in [0.05, 0.1) is 6.54 Å². The highest BCUT2D eigenvalue weighted by atomic mass is 16.4. The van der Waals surface area contributed by atoms with Crippen LogP contribution in [0.25, 0.3) is 0 Å². The third-order valence-corrected chi connectivity index (χ3v) is 3.70. The largest absolute Gasteiger partial charge is 0.480 e. The first-order valence-electron chi connectivity index (χ1n) is 6.63. The van der Waals surface area contributed by atoms with Crippen LogP contribution in [0.2, 0.25) is 0 Å². The topological polar surface area (TPSA) is 57.6 Å². The number of nitrogens with zero attached hydrogens (tertiary/aromatic N) is 1. The first-order chi connectivity index (χ1) is 9.08. The normalized spacial score (nSPS) is 24.1. The summed E-state index contributed by atoms with van der Waals surface area (Å²) in [6.45, 7) is 2.93. The van der Waals surface area contributed by atoms with Crippen LogP contribution in [0.5, 0.6) is 0 Å². The summed E-state index contributed by atoms with van der Waals surface area (Å²) in [5.74, 6) is -0.432. The Labute approximate surface area is 113 Å². The van der Waals surface area contributed by atoms with Crippen molar-refractivity contribution in [2.45, 2.75) is 25.8 Å². The van der Waals surface area contributed by atoms with E-state index in [4.69, 9.17) is 0 Å². The highest BCUT2D eigenvalue weighted by Gasteiger charge is 2.32. The van der Waals surface area contributed by atoms with Crippen LogP contribution < -0.4 is 0 Å². The number of rotatable bonds is 4. The number of carbonyl (C=O) groups is 2. The van der Waals surface area contributed by atoms with Crippen molar-refractivity contribution in [1.82, 2.24) is 4.90 Å². The van der Waals surface area contributed by atoms with E-state index in [0.717, 1.165) is 6.42 Å². The van der Waals surface area contributed by atoms with Gasteiger partial charge in [-0.05, 0) is 25.3 Å². The lowest BCUT2D eigenvalue weighted by Gasteiger charge is -2.35. The molecule has 0 saturated carbocycles. The molecule has 1 heterocycles. The van der Waals surface area contributed by atoms with Crippen molar-refractivity contribution in [3.63, 3.8) is 0 Å². The number of carboxylic acids is 1. The van der Waals surface area contributed by atoms with E-state index in [1.165, 1.54) is 0 Å². The van der Waals surface area contributed by atoms with E-state index in [-0.39, 0.29) is 12.3 Å². The number of piperidine rings is 1. The van der Waals surface area contributed by atoms with E-state index in [9.17, 15) is 14.7 Å². The lowest BCUT2D eigenvalue weighted by Crippen LogP contribution is -2.48. The fraction of sp³-hybridized carbons (Fsp3) is 0.467. The van der Waals surface area contributed by atoms with Crippen molar-refractivity contribution >= 4 is 11.8 Å². The van der Waals surface area contributed by atoms with Crippen LogP contribution in [-0.2, 0) is 4.79 Å². The first-order valence-corrected chi connectivity index (χ1v) is 6.63. The zero-order chi connectivity index (χ0) is 13.8. The first kappa shape index (κ1) is 13.7. The Morgan fingerprint density at radius 2 is 2.00 bits per heavy atom. The maximum absolute atomic E-state index is 12.1. The van der Waals surface area contributed by atoms with Crippen molar-refractivity contribution in [2.24, 2.45) is 5.92 Å². The molecule has 0 aromatic heterocycles. The maximum atomic E-state index is 12.1. The van der Waals surface area contributed by atoms with Gasteiger partial charge in [-0.2, -0.15) is 0 Å². The number of aliphatic carboxylic acids is 1. The molecule has 2 rings (SSSR count). The predicted molar refractivity (Wildman–Crippen MR) is 72.2 cm³/mol. The van der Waals surface area contributed by atoms with Gasteiger partial charge in [0, 0.05) is 5.56 Å². The molecule has 0 amide bonds. The Bertz CT molecular complexity index is 458. The average molecular weight is 261 g/mol. The monoisotopic (exact) mass is 261 g/mol. The molecular formula is C15H19NO3. The Kier molecular flexibility index (Phi) is 4.32. The number of likely N-dealkylation sites (tertiary alicyclic amines) is 1. The van der Waals surface area contributed by atoms with Gasteiger partial charge < -0.3 is 5.11 Å². The molecule has 1 aliphatic heterocycles. The molecule has 102 valence electrons. The van der Waals surface area contributed by atoms with Crippen LogP contribution >= 0.6 is 0 Å². The van der Waals surface area contributed by atoms with Gasteiger partial charge in [0.15, 0.2) is 5.78 Å². The number of carbonyl (C=O) groups excluding carboxylic acids is 1. The second kappa shape index (κ2) is 5.97. The summed E-state index contributed by atoms with van der Waals surface area (Å²) in [4.78, 5) is 25.2. The number of benzene rings is 1. The minimum atomic E-state index is -0.826. The van der Waals surface area contributed by atoms with Crippen LogP contribution in [0.4, 0.5) is 0 Å². The number of carboxylic acid groups (broad SMARTS) is 1. The maximum Gasteiger partial charge on any atom is 0.320 e. The summed E-state index contributed by atoms with van der Waals surface area (Å²) in [7, 11) is 0. The van der Waals surface area contributed by atoms with Gasteiger partial charge in [0.25, 0.3) is 0 Å². The summed E-state index contributed by atoms with van der Waals surface area (Å²) < 4.78 is 0. The third-order valence-electron chi connectivity index (χ3n) is 3.70. The Balaban J connectivity index is 2.05. The molecule has 0 spiro atoms. The molecule has 1 fully saturated rings. The fourth-order valence-corrected chi connectivity index (χ4v) is 2.54. The molecule has 0 unspecified atom stereocenters. The molecule has 19 heavy (non-hydrogen) atoms. The zero-order valence-corrected chi connectivity index (χ0v) is 11.1. The van der Waals surface area contributed by atoms with Crippen LogP contribution in [0.3, 0.4) is 0 Å². The summed E-state index contributed by atoms with van der Waals surface area (Å²) >= 11 is 0. The van der Waals surface area contributed by atoms with Gasteiger partial charge in [-0.1, -0.05) is 37.3 Å².